The zero-order chi connectivity index (χ0) is 9.97. The number of hydrogen-bond donors (Lipinski definition) is 2. The van der Waals surface area contributed by atoms with Gasteiger partial charge in [0.05, 0.1) is 0 Å². The van der Waals surface area contributed by atoms with Crippen molar-refractivity contribution in [2.75, 3.05) is 18.0 Å². The van der Waals surface area contributed by atoms with Gasteiger partial charge < -0.3 is 14.9 Å². The third kappa shape index (κ3) is 1.74. The second-order valence-corrected chi connectivity index (χ2v) is 3.48. The van der Waals surface area contributed by atoms with Crippen LogP contribution in [-0.4, -0.2) is 35.2 Å². The predicted molar refractivity (Wildman–Crippen MR) is 55.5 cm³/mol. The maximum atomic E-state index is 9.15. The molecule has 1 saturated heterocycles. The normalized spacial score (nSPS) is 16.0. The van der Waals surface area contributed by atoms with E-state index in [1.807, 2.05) is 0 Å². The van der Waals surface area contributed by atoms with Gasteiger partial charge in [-0.25, -0.2) is 4.98 Å². The van der Waals surface area contributed by atoms with E-state index in [1.165, 1.54) is 0 Å². The Bertz CT molecular complexity index is 313. The van der Waals surface area contributed by atoms with Crippen LogP contribution in [0.5, 0.6) is 0 Å². The summed E-state index contributed by atoms with van der Waals surface area (Å²) in [4.78, 5) is 6.28. The summed E-state index contributed by atoms with van der Waals surface area (Å²) >= 11 is 0. The highest BCUT2D eigenvalue weighted by molar-refractivity contribution is 6.60. The lowest BCUT2D eigenvalue weighted by Crippen LogP contribution is -2.36. The molecule has 14 heavy (non-hydrogen) atoms. The molecule has 2 rings (SSSR count). The zero-order valence-corrected chi connectivity index (χ0v) is 7.93. The van der Waals surface area contributed by atoms with E-state index >= 15 is 0 Å². The summed E-state index contributed by atoms with van der Waals surface area (Å²) in [5, 5.41) is 18.3. The highest BCUT2D eigenvalue weighted by atomic mass is 16.4. The van der Waals surface area contributed by atoms with Crippen LogP contribution in [0.25, 0.3) is 0 Å². The van der Waals surface area contributed by atoms with Gasteiger partial charge in [0, 0.05) is 24.7 Å². The van der Waals surface area contributed by atoms with Crippen LogP contribution in [0.1, 0.15) is 12.8 Å². The van der Waals surface area contributed by atoms with E-state index in [1.54, 1.807) is 18.3 Å². The van der Waals surface area contributed by atoms with E-state index in [-0.39, 0.29) is 0 Å². The van der Waals surface area contributed by atoms with E-state index in [9.17, 15) is 0 Å². The molecular formula is C9H13BN2O2. The topological polar surface area (TPSA) is 56.6 Å². The summed E-state index contributed by atoms with van der Waals surface area (Å²) in [5.74, 6) is 0.708. The maximum absolute atomic E-state index is 9.15. The van der Waals surface area contributed by atoms with Crippen molar-refractivity contribution >= 4 is 18.4 Å². The van der Waals surface area contributed by atoms with Crippen molar-refractivity contribution in [1.29, 1.82) is 0 Å². The van der Waals surface area contributed by atoms with Crippen LogP contribution in [0.15, 0.2) is 18.3 Å². The molecule has 0 amide bonds. The molecule has 1 aromatic rings. The lowest BCUT2D eigenvalue weighted by molar-refractivity contribution is 0.425. The molecule has 0 bridgehead atoms. The fourth-order valence-electron chi connectivity index (χ4n) is 1.80. The standard InChI is InChI=1S/C9H13BN2O2/c13-10(14)8-4-3-5-11-9(8)12-6-1-2-7-12/h3-5,13-14H,1-2,6-7H2. The Morgan fingerprint density at radius 3 is 2.64 bits per heavy atom. The molecule has 2 N–H and O–H groups in total. The zero-order valence-electron chi connectivity index (χ0n) is 7.93. The second-order valence-electron chi connectivity index (χ2n) is 3.48. The summed E-state index contributed by atoms with van der Waals surface area (Å²) in [6, 6.07) is 3.42. The predicted octanol–water partition coefficient (Wildman–Crippen LogP) is -0.638. The molecular weight excluding hydrogens is 179 g/mol. The van der Waals surface area contributed by atoms with Crippen LogP contribution >= 0.6 is 0 Å². The van der Waals surface area contributed by atoms with Crippen LogP contribution in [0, 0.1) is 0 Å². The number of hydrogen-bond acceptors (Lipinski definition) is 4. The van der Waals surface area contributed by atoms with E-state index in [0.29, 0.717) is 11.3 Å². The van der Waals surface area contributed by atoms with Crippen molar-refractivity contribution in [3.8, 4) is 0 Å². The minimum absolute atomic E-state index is 0.495. The number of aromatic nitrogens is 1. The van der Waals surface area contributed by atoms with Crippen LogP contribution in [0.2, 0.25) is 0 Å². The first kappa shape index (κ1) is 9.49. The van der Waals surface area contributed by atoms with Crippen molar-refractivity contribution in [2.24, 2.45) is 0 Å². The van der Waals surface area contributed by atoms with Gasteiger partial charge in [-0.05, 0) is 18.9 Å². The average Bonchev–Trinajstić information content (AvgIpc) is 2.70. The molecule has 2 heterocycles. The molecule has 0 aliphatic carbocycles. The van der Waals surface area contributed by atoms with Crippen molar-refractivity contribution in [3.05, 3.63) is 18.3 Å². The third-order valence-corrected chi connectivity index (χ3v) is 2.50. The minimum Gasteiger partial charge on any atom is -0.423 e. The van der Waals surface area contributed by atoms with Crippen molar-refractivity contribution in [2.45, 2.75) is 12.8 Å². The van der Waals surface area contributed by atoms with Gasteiger partial charge >= 0.3 is 7.12 Å². The fourth-order valence-corrected chi connectivity index (χ4v) is 1.80. The Morgan fingerprint density at radius 1 is 1.29 bits per heavy atom. The summed E-state index contributed by atoms with van der Waals surface area (Å²) in [6.45, 7) is 1.91. The molecule has 4 nitrogen and oxygen atoms in total. The maximum Gasteiger partial charge on any atom is 0.492 e. The van der Waals surface area contributed by atoms with Crippen molar-refractivity contribution < 1.29 is 10.0 Å². The first-order valence-corrected chi connectivity index (χ1v) is 4.85. The number of anilines is 1. The van der Waals surface area contributed by atoms with E-state index in [2.05, 4.69) is 9.88 Å². The van der Waals surface area contributed by atoms with Crippen LogP contribution in [-0.2, 0) is 0 Å². The highest BCUT2D eigenvalue weighted by Gasteiger charge is 2.22. The summed E-state index contributed by atoms with van der Waals surface area (Å²) in [5.41, 5.74) is 0.495. The largest absolute Gasteiger partial charge is 0.492 e. The third-order valence-electron chi connectivity index (χ3n) is 2.50. The number of rotatable bonds is 2. The van der Waals surface area contributed by atoms with Gasteiger partial charge in [-0.1, -0.05) is 6.07 Å². The summed E-state index contributed by atoms with van der Waals surface area (Å²) in [6.07, 6.45) is 3.98. The monoisotopic (exact) mass is 192 g/mol. The van der Waals surface area contributed by atoms with Crippen LogP contribution in [0.3, 0.4) is 0 Å². The van der Waals surface area contributed by atoms with Crippen molar-refractivity contribution in [1.82, 2.24) is 4.98 Å². The Hall–Kier alpha value is -1.07. The smallest absolute Gasteiger partial charge is 0.423 e. The molecule has 0 unspecified atom stereocenters. The average molecular weight is 192 g/mol. The minimum atomic E-state index is -1.43. The highest BCUT2D eigenvalue weighted by Crippen LogP contribution is 2.15. The molecule has 5 heteroatoms. The van der Waals surface area contributed by atoms with E-state index < -0.39 is 7.12 Å². The van der Waals surface area contributed by atoms with E-state index in [4.69, 9.17) is 10.0 Å². The molecule has 1 fully saturated rings. The Balaban J connectivity index is 2.30. The van der Waals surface area contributed by atoms with Crippen LogP contribution < -0.4 is 10.4 Å². The van der Waals surface area contributed by atoms with Gasteiger partial charge in [-0.3, -0.25) is 0 Å². The van der Waals surface area contributed by atoms with Gasteiger partial charge in [0.1, 0.15) is 5.82 Å². The molecule has 1 aliphatic heterocycles. The molecule has 0 spiro atoms. The number of pyridine rings is 1. The molecule has 1 aliphatic rings. The molecule has 0 saturated carbocycles. The van der Waals surface area contributed by atoms with Gasteiger partial charge in [-0.15, -0.1) is 0 Å². The molecule has 1 aromatic heterocycles. The Kier molecular flexibility index (Phi) is 2.70. The van der Waals surface area contributed by atoms with Gasteiger partial charge in [0.25, 0.3) is 0 Å². The molecule has 0 aromatic carbocycles. The van der Waals surface area contributed by atoms with Gasteiger partial charge in [0.2, 0.25) is 0 Å². The van der Waals surface area contributed by atoms with Crippen LogP contribution in [0.4, 0.5) is 5.82 Å². The second kappa shape index (κ2) is 3.98. The molecule has 0 radical (unpaired) electrons. The molecule has 74 valence electrons. The lowest BCUT2D eigenvalue weighted by Gasteiger charge is -2.19. The van der Waals surface area contributed by atoms with Gasteiger partial charge in [-0.2, -0.15) is 0 Å². The summed E-state index contributed by atoms with van der Waals surface area (Å²) in [7, 11) is -1.43. The number of nitrogens with zero attached hydrogens (tertiary/aromatic N) is 2. The Labute approximate surface area is 83.3 Å². The fraction of sp³-hybridized carbons (Fsp3) is 0.444. The summed E-state index contributed by atoms with van der Waals surface area (Å²) < 4.78 is 0. The quantitative estimate of drug-likeness (QED) is 0.612. The Morgan fingerprint density at radius 2 is 2.00 bits per heavy atom. The first-order chi connectivity index (χ1) is 6.79. The van der Waals surface area contributed by atoms with E-state index in [0.717, 1.165) is 25.9 Å². The van der Waals surface area contributed by atoms with Crippen molar-refractivity contribution in [3.63, 3.8) is 0 Å². The first-order valence-electron chi connectivity index (χ1n) is 4.85. The molecule has 0 atom stereocenters. The SMILES string of the molecule is OB(O)c1cccnc1N1CCCC1. The van der Waals surface area contributed by atoms with Gasteiger partial charge in [0.15, 0.2) is 0 Å². The lowest BCUT2D eigenvalue weighted by atomic mass is 9.80.